The van der Waals surface area contributed by atoms with E-state index in [0.717, 1.165) is 31.6 Å². The Bertz CT molecular complexity index is 348. The Balaban J connectivity index is 2.15. The molecule has 1 aromatic rings. The van der Waals surface area contributed by atoms with Crippen LogP contribution in [0.5, 0.6) is 0 Å². The first-order valence-corrected chi connectivity index (χ1v) is 5.52. The fraction of sp³-hybridized carbons (Fsp3) is 0.455. The van der Waals surface area contributed by atoms with Gasteiger partial charge in [-0.3, -0.25) is 0 Å². The van der Waals surface area contributed by atoms with Crippen molar-refractivity contribution in [2.75, 3.05) is 23.7 Å². The fourth-order valence-corrected chi connectivity index (χ4v) is 2.10. The molecule has 0 radical (unpaired) electrons. The summed E-state index contributed by atoms with van der Waals surface area (Å²) in [6.07, 6.45) is 1.46. The molecule has 1 aromatic carbocycles. The molecule has 1 saturated heterocycles. The normalized spacial score (nSPS) is 18.1. The minimum Gasteiger partial charge on any atom is -0.397 e. The van der Waals surface area contributed by atoms with E-state index < -0.39 is 0 Å². The lowest BCUT2D eigenvalue weighted by Gasteiger charge is -2.32. The van der Waals surface area contributed by atoms with E-state index in [9.17, 15) is 5.11 Å². The molecule has 0 atom stereocenters. The average molecular weight is 227 g/mol. The highest BCUT2D eigenvalue weighted by Gasteiger charge is 2.18. The fourth-order valence-electron chi connectivity index (χ4n) is 1.92. The molecule has 2 rings (SSSR count). The third-order valence-electron chi connectivity index (χ3n) is 2.79. The number of halogens is 1. The highest BCUT2D eigenvalue weighted by molar-refractivity contribution is 6.31. The maximum absolute atomic E-state index is 9.41. The number of aliphatic hydroxyl groups excluding tert-OH is 1. The van der Waals surface area contributed by atoms with Crippen LogP contribution in [0.4, 0.5) is 11.4 Å². The molecule has 0 aliphatic carbocycles. The first-order valence-electron chi connectivity index (χ1n) is 5.15. The molecule has 0 unspecified atom stereocenters. The molecule has 15 heavy (non-hydrogen) atoms. The van der Waals surface area contributed by atoms with Crippen molar-refractivity contribution in [2.24, 2.45) is 0 Å². The van der Waals surface area contributed by atoms with Gasteiger partial charge in [-0.1, -0.05) is 11.6 Å². The first kappa shape index (κ1) is 10.6. The molecule has 1 fully saturated rings. The Kier molecular flexibility index (Phi) is 3.03. The van der Waals surface area contributed by atoms with Crippen LogP contribution >= 0.6 is 11.6 Å². The zero-order chi connectivity index (χ0) is 10.8. The number of hydrogen-bond acceptors (Lipinski definition) is 3. The smallest absolute Gasteiger partial charge is 0.0601 e. The average Bonchev–Trinajstić information content (AvgIpc) is 2.20. The van der Waals surface area contributed by atoms with E-state index in [4.69, 9.17) is 17.3 Å². The second kappa shape index (κ2) is 4.29. The Morgan fingerprint density at radius 3 is 2.60 bits per heavy atom. The molecule has 3 nitrogen and oxygen atoms in total. The summed E-state index contributed by atoms with van der Waals surface area (Å²) in [7, 11) is 0. The summed E-state index contributed by atoms with van der Waals surface area (Å²) >= 11 is 5.84. The largest absolute Gasteiger partial charge is 0.397 e. The van der Waals surface area contributed by atoms with Gasteiger partial charge in [0, 0.05) is 18.1 Å². The lowest BCUT2D eigenvalue weighted by Crippen LogP contribution is -2.36. The van der Waals surface area contributed by atoms with Gasteiger partial charge in [0.2, 0.25) is 0 Å². The Morgan fingerprint density at radius 2 is 2.00 bits per heavy atom. The summed E-state index contributed by atoms with van der Waals surface area (Å²) in [6, 6.07) is 5.55. The predicted octanol–water partition coefficient (Wildman–Crippen LogP) is 1.88. The molecular formula is C11H15ClN2O. The molecule has 1 heterocycles. The van der Waals surface area contributed by atoms with Crippen molar-refractivity contribution >= 4 is 23.0 Å². The maximum Gasteiger partial charge on any atom is 0.0601 e. The zero-order valence-electron chi connectivity index (χ0n) is 8.49. The van der Waals surface area contributed by atoms with Crippen molar-refractivity contribution in [3.63, 3.8) is 0 Å². The second-order valence-electron chi connectivity index (χ2n) is 3.92. The Morgan fingerprint density at radius 1 is 1.33 bits per heavy atom. The predicted molar refractivity (Wildman–Crippen MR) is 63.3 cm³/mol. The summed E-state index contributed by atoms with van der Waals surface area (Å²) in [5, 5.41) is 10.1. The summed E-state index contributed by atoms with van der Waals surface area (Å²) < 4.78 is 0. The molecule has 4 heteroatoms. The minimum atomic E-state index is -0.158. The molecule has 0 bridgehead atoms. The number of rotatable bonds is 1. The molecule has 3 N–H and O–H groups in total. The Labute approximate surface area is 94.4 Å². The number of nitrogen functional groups attached to an aromatic ring is 1. The van der Waals surface area contributed by atoms with Gasteiger partial charge in [0.1, 0.15) is 0 Å². The topological polar surface area (TPSA) is 49.5 Å². The molecule has 0 aromatic heterocycles. The molecular weight excluding hydrogens is 212 g/mol. The number of nitrogens with zero attached hydrogens (tertiary/aromatic N) is 1. The summed E-state index contributed by atoms with van der Waals surface area (Å²) in [6.45, 7) is 1.71. The van der Waals surface area contributed by atoms with Crippen molar-refractivity contribution in [3.05, 3.63) is 23.2 Å². The number of benzene rings is 1. The van der Waals surface area contributed by atoms with Crippen LogP contribution in [-0.4, -0.2) is 24.3 Å². The third-order valence-corrected chi connectivity index (χ3v) is 3.03. The van der Waals surface area contributed by atoms with Crippen LogP contribution in [0.3, 0.4) is 0 Å². The molecule has 0 spiro atoms. The van der Waals surface area contributed by atoms with Gasteiger partial charge in [-0.25, -0.2) is 0 Å². The molecule has 1 aliphatic heterocycles. The van der Waals surface area contributed by atoms with Gasteiger partial charge in [0.25, 0.3) is 0 Å². The van der Waals surface area contributed by atoms with E-state index in [2.05, 4.69) is 4.90 Å². The van der Waals surface area contributed by atoms with Crippen LogP contribution < -0.4 is 10.6 Å². The van der Waals surface area contributed by atoms with Crippen LogP contribution in [0.25, 0.3) is 0 Å². The number of aliphatic hydroxyl groups is 1. The summed E-state index contributed by atoms with van der Waals surface area (Å²) in [5.41, 5.74) is 7.63. The zero-order valence-corrected chi connectivity index (χ0v) is 9.24. The molecule has 1 aliphatic rings. The SMILES string of the molecule is Nc1cc(Cl)ccc1N1CCC(O)CC1. The summed E-state index contributed by atoms with van der Waals surface area (Å²) in [5.74, 6) is 0. The van der Waals surface area contributed by atoms with E-state index in [0.29, 0.717) is 10.7 Å². The van der Waals surface area contributed by atoms with E-state index in [-0.39, 0.29) is 6.10 Å². The quantitative estimate of drug-likeness (QED) is 0.719. The van der Waals surface area contributed by atoms with Gasteiger partial charge < -0.3 is 15.7 Å². The van der Waals surface area contributed by atoms with Gasteiger partial charge in [-0.15, -0.1) is 0 Å². The van der Waals surface area contributed by atoms with E-state index >= 15 is 0 Å². The summed E-state index contributed by atoms with van der Waals surface area (Å²) in [4.78, 5) is 2.19. The van der Waals surface area contributed by atoms with Gasteiger partial charge in [-0.05, 0) is 31.0 Å². The maximum atomic E-state index is 9.41. The molecule has 82 valence electrons. The van der Waals surface area contributed by atoms with Crippen molar-refractivity contribution in [1.29, 1.82) is 0 Å². The van der Waals surface area contributed by atoms with Crippen molar-refractivity contribution in [3.8, 4) is 0 Å². The lowest BCUT2D eigenvalue weighted by atomic mass is 10.1. The molecule has 0 saturated carbocycles. The van der Waals surface area contributed by atoms with Crippen molar-refractivity contribution in [2.45, 2.75) is 18.9 Å². The van der Waals surface area contributed by atoms with Crippen LogP contribution in [0.2, 0.25) is 5.02 Å². The second-order valence-corrected chi connectivity index (χ2v) is 4.36. The van der Waals surface area contributed by atoms with Crippen molar-refractivity contribution < 1.29 is 5.11 Å². The van der Waals surface area contributed by atoms with E-state index in [1.807, 2.05) is 12.1 Å². The molecule has 0 amide bonds. The highest BCUT2D eigenvalue weighted by atomic mass is 35.5. The minimum absolute atomic E-state index is 0.158. The lowest BCUT2D eigenvalue weighted by molar-refractivity contribution is 0.145. The first-order chi connectivity index (χ1) is 7.16. The number of piperidine rings is 1. The van der Waals surface area contributed by atoms with E-state index in [1.165, 1.54) is 0 Å². The van der Waals surface area contributed by atoms with Gasteiger partial charge in [-0.2, -0.15) is 0 Å². The van der Waals surface area contributed by atoms with Gasteiger partial charge in [0.15, 0.2) is 0 Å². The van der Waals surface area contributed by atoms with Crippen LogP contribution in [-0.2, 0) is 0 Å². The monoisotopic (exact) mass is 226 g/mol. The number of anilines is 2. The number of nitrogens with two attached hydrogens (primary N) is 1. The van der Waals surface area contributed by atoms with Crippen LogP contribution in [0.15, 0.2) is 18.2 Å². The third kappa shape index (κ3) is 2.36. The standard InChI is InChI=1S/C11H15ClN2O/c12-8-1-2-11(10(13)7-8)14-5-3-9(15)4-6-14/h1-2,7,9,15H,3-6,13H2. The highest BCUT2D eigenvalue weighted by Crippen LogP contribution is 2.28. The van der Waals surface area contributed by atoms with Crippen LogP contribution in [0, 0.1) is 0 Å². The van der Waals surface area contributed by atoms with Crippen molar-refractivity contribution in [1.82, 2.24) is 0 Å². The Hall–Kier alpha value is -0.930. The van der Waals surface area contributed by atoms with Crippen LogP contribution in [0.1, 0.15) is 12.8 Å². The number of hydrogen-bond donors (Lipinski definition) is 2. The van der Waals surface area contributed by atoms with E-state index in [1.54, 1.807) is 6.07 Å². The van der Waals surface area contributed by atoms with Gasteiger partial charge >= 0.3 is 0 Å². The van der Waals surface area contributed by atoms with Gasteiger partial charge in [0.05, 0.1) is 17.5 Å².